The van der Waals surface area contributed by atoms with Crippen molar-refractivity contribution in [1.82, 2.24) is 15.0 Å². The molecule has 3 rings (SSSR count). The lowest BCUT2D eigenvalue weighted by molar-refractivity contribution is 1.07. The van der Waals surface area contributed by atoms with E-state index in [2.05, 4.69) is 15.0 Å². The molecule has 4 nitrogen and oxygen atoms in total. The Morgan fingerprint density at radius 2 is 1.79 bits per heavy atom. The average Bonchev–Trinajstić information content (AvgIpc) is 2.37. The number of hydrogen-bond acceptors (Lipinski definition) is 3. The third-order valence-electron chi connectivity index (χ3n) is 2.97. The van der Waals surface area contributed by atoms with E-state index in [9.17, 15) is 4.79 Å². The van der Waals surface area contributed by atoms with E-state index >= 15 is 0 Å². The molecule has 0 amide bonds. The fourth-order valence-electron chi connectivity index (χ4n) is 2.09. The highest BCUT2D eigenvalue weighted by molar-refractivity contribution is 5.83. The number of H-pyrrole nitrogens is 1. The molecule has 0 aliphatic heterocycles. The van der Waals surface area contributed by atoms with Gasteiger partial charge >= 0.3 is 0 Å². The highest BCUT2D eigenvalue weighted by atomic mass is 16.1. The molecule has 19 heavy (non-hydrogen) atoms. The quantitative estimate of drug-likeness (QED) is 0.723. The molecule has 0 aliphatic carbocycles. The van der Waals surface area contributed by atoms with Crippen LogP contribution < -0.4 is 5.56 Å². The van der Waals surface area contributed by atoms with Gasteiger partial charge in [-0.1, -0.05) is 6.07 Å². The van der Waals surface area contributed by atoms with Crippen molar-refractivity contribution in [2.75, 3.05) is 0 Å². The van der Waals surface area contributed by atoms with Crippen LogP contribution in [0.1, 0.15) is 11.4 Å². The highest BCUT2D eigenvalue weighted by Gasteiger charge is 2.04. The molecule has 0 bridgehead atoms. The molecule has 0 spiro atoms. The van der Waals surface area contributed by atoms with Crippen molar-refractivity contribution in [3.63, 3.8) is 0 Å². The normalized spacial score (nSPS) is 10.8. The van der Waals surface area contributed by atoms with E-state index in [0.717, 1.165) is 22.2 Å². The van der Waals surface area contributed by atoms with Gasteiger partial charge in [-0.15, -0.1) is 0 Å². The van der Waals surface area contributed by atoms with Gasteiger partial charge in [-0.3, -0.25) is 9.78 Å². The molecule has 0 fully saturated rings. The number of aryl methyl sites for hydroxylation is 2. The monoisotopic (exact) mass is 251 g/mol. The fraction of sp³-hybridized carbons (Fsp3) is 0.133. The van der Waals surface area contributed by atoms with Crippen molar-refractivity contribution in [2.24, 2.45) is 0 Å². The van der Waals surface area contributed by atoms with Gasteiger partial charge in [0.05, 0.1) is 5.52 Å². The first kappa shape index (κ1) is 11.6. The minimum absolute atomic E-state index is 0.135. The summed E-state index contributed by atoms with van der Waals surface area (Å²) in [5, 5.41) is 1.03. The lowest BCUT2D eigenvalue weighted by Gasteiger charge is -2.04. The van der Waals surface area contributed by atoms with Gasteiger partial charge in [-0.05, 0) is 38.1 Å². The van der Waals surface area contributed by atoms with Crippen molar-refractivity contribution in [2.45, 2.75) is 13.8 Å². The molecule has 2 aromatic heterocycles. The predicted octanol–water partition coefficient (Wildman–Crippen LogP) is 2.60. The van der Waals surface area contributed by atoms with Crippen LogP contribution in [0.3, 0.4) is 0 Å². The summed E-state index contributed by atoms with van der Waals surface area (Å²) < 4.78 is 0. The first-order chi connectivity index (χ1) is 9.11. The molecule has 0 radical (unpaired) electrons. The van der Waals surface area contributed by atoms with Crippen LogP contribution >= 0.6 is 0 Å². The van der Waals surface area contributed by atoms with Crippen molar-refractivity contribution in [1.29, 1.82) is 0 Å². The molecule has 94 valence electrons. The molecule has 0 saturated heterocycles. The van der Waals surface area contributed by atoms with Crippen molar-refractivity contribution in [3.8, 4) is 11.4 Å². The standard InChI is InChI=1S/C15H13N3O/c1-9-3-4-11-8-12(5-6-13(11)16-9)15-17-10(2)7-14(19)18-15/h3-8H,1-2H3,(H,17,18,19). The topological polar surface area (TPSA) is 58.6 Å². The van der Waals surface area contributed by atoms with Gasteiger partial charge in [-0.25, -0.2) is 4.98 Å². The Balaban J connectivity index is 2.20. The summed E-state index contributed by atoms with van der Waals surface area (Å²) >= 11 is 0. The van der Waals surface area contributed by atoms with Crippen LogP contribution in [0.2, 0.25) is 0 Å². The van der Waals surface area contributed by atoms with E-state index in [1.165, 1.54) is 6.07 Å². The van der Waals surface area contributed by atoms with E-state index in [1.54, 1.807) is 0 Å². The van der Waals surface area contributed by atoms with Gasteiger partial charge in [0.2, 0.25) is 0 Å². The summed E-state index contributed by atoms with van der Waals surface area (Å²) in [5.41, 5.74) is 3.39. The molecule has 2 heterocycles. The lowest BCUT2D eigenvalue weighted by Crippen LogP contribution is -2.08. The number of pyridine rings is 1. The van der Waals surface area contributed by atoms with Crippen molar-refractivity contribution < 1.29 is 0 Å². The molecule has 0 atom stereocenters. The zero-order chi connectivity index (χ0) is 13.4. The Morgan fingerprint density at radius 3 is 2.58 bits per heavy atom. The molecular weight excluding hydrogens is 238 g/mol. The zero-order valence-corrected chi connectivity index (χ0v) is 10.8. The summed E-state index contributed by atoms with van der Waals surface area (Å²) in [6.07, 6.45) is 0. The maximum atomic E-state index is 11.5. The van der Waals surface area contributed by atoms with Crippen LogP contribution in [0.25, 0.3) is 22.3 Å². The first-order valence-corrected chi connectivity index (χ1v) is 6.07. The van der Waals surface area contributed by atoms with Crippen molar-refractivity contribution in [3.05, 3.63) is 58.1 Å². The van der Waals surface area contributed by atoms with Crippen molar-refractivity contribution >= 4 is 10.9 Å². The number of hydrogen-bond donors (Lipinski definition) is 1. The van der Waals surface area contributed by atoms with Crippen LogP contribution in [-0.2, 0) is 0 Å². The zero-order valence-electron chi connectivity index (χ0n) is 10.8. The van der Waals surface area contributed by atoms with Crippen LogP contribution in [0.5, 0.6) is 0 Å². The van der Waals surface area contributed by atoms with Crippen LogP contribution in [0.4, 0.5) is 0 Å². The van der Waals surface area contributed by atoms with E-state index < -0.39 is 0 Å². The summed E-state index contributed by atoms with van der Waals surface area (Å²) in [4.78, 5) is 23.0. The molecule has 4 heteroatoms. The number of benzene rings is 1. The van der Waals surface area contributed by atoms with Gasteiger partial charge in [-0.2, -0.15) is 0 Å². The molecule has 1 aromatic carbocycles. The van der Waals surface area contributed by atoms with Crippen LogP contribution in [0.15, 0.2) is 41.2 Å². The second kappa shape index (κ2) is 4.31. The minimum atomic E-state index is -0.135. The summed E-state index contributed by atoms with van der Waals surface area (Å²) in [6, 6.07) is 11.3. The number of fused-ring (bicyclic) bond motifs is 1. The van der Waals surface area contributed by atoms with Gasteiger partial charge in [0.25, 0.3) is 5.56 Å². The highest BCUT2D eigenvalue weighted by Crippen LogP contribution is 2.20. The fourth-order valence-corrected chi connectivity index (χ4v) is 2.09. The van der Waals surface area contributed by atoms with Crippen LogP contribution in [-0.4, -0.2) is 15.0 Å². The predicted molar refractivity (Wildman–Crippen MR) is 75.1 cm³/mol. The number of aromatic nitrogens is 3. The Hall–Kier alpha value is -2.49. The second-order valence-corrected chi connectivity index (χ2v) is 4.60. The van der Waals surface area contributed by atoms with Gasteiger partial charge < -0.3 is 4.98 Å². The maximum absolute atomic E-state index is 11.5. The van der Waals surface area contributed by atoms with Gasteiger partial charge in [0, 0.05) is 28.4 Å². The number of rotatable bonds is 1. The largest absolute Gasteiger partial charge is 0.307 e. The van der Waals surface area contributed by atoms with E-state index in [0.29, 0.717) is 11.5 Å². The Kier molecular flexibility index (Phi) is 2.63. The second-order valence-electron chi connectivity index (χ2n) is 4.60. The number of nitrogens with zero attached hydrogens (tertiary/aromatic N) is 2. The molecule has 3 aromatic rings. The first-order valence-electron chi connectivity index (χ1n) is 6.07. The molecule has 0 saturated carbocycles. The Bertz CT molecular complexity index is 821. The average molecular weight is 251 g/mol. The third-order valence-corrected chi connectivity index (χ3v) is 2.97. The molecular formula is C15H13N3O. The summed E-state index contributed by atoms with van der Waals surface area (Å²) in [7, 11) is 0. The van der Waals surface area contributed by atoms with Crippen LogP contribution in [0, 0.1) is 13.8 Å². The van der Waals surface area contributed by atoms with Gasteiger partial charge in [0.1, 0.15) is 5.82 Å². The summed E-state index contributed by atoms with van der Waals surface area (Å²) in [5.74, 6) is 0.590. The lowest BCUT2D eigenvalue weighted by atomic mass is 10.1. The van der Waals surface area contributed by atoms with E-state index in [4.69, 9.17) is 0 Å². The molecule has 0 unspecified atom stereocenters. The molecule has 0 aliphatic rings. The SMILES string of the molecule is Cc1cc(=O)[nH]c(-c2ccc3nc(C)ccc3c2)n1. The van der Waals surface area contributed by atoms with E-state index in [-0.39, 0.29) is 5.56 Å². The molecule has 1 N–H and O–H groups in total. The van der Waals surface area contributed by atoms with Gasteiger partial charge in [0.15, 0.2) is 0 Å². The summed E-state index contributed by atoms with van der Waals surface area (Å²) in [6.45, 7) is 3.78. The number of nitrogens with one attached hydrogen (secondary N) is 1. The smallest absolute Gasteiger partial charge is 0.251 e. The maximum Gasteiger partial charge on any atom is 0.251 e. The van der Waals surface area contributed by atoms with E-state index in [1.807, 2.05) is 44.2 Å². The Labute approximate surface area is 110 Å². The third kappa shape index (κ3) is 2.25. The minimum Gasteiger partial charge on any atom is -0.307 e. The Morgan fingerprint density at radius 1 is 0.947 bits per heavy atom. The number of aromatic amines is 1.